The number of rotatable bonds is 1. The van der Waals surface area contributed by atoms with Gasteiger partial charge in [-0.05, 0) is 59.8 Å². The highest BCUT2D eigenvalue weighted by molar-refractivity contribution is 14.1. The normalized spacial score (nSPS) is 10.9. The molecule has 0 fully saturated rings. The number of aryl methyl sites for hydroxylation is 1. The van der Waals surface area contributed by atoms with E-state index in [-0.39, 0.29) is 0 Å². The fourth-order valence-corrected chi connectivity index (χ4v) is 2.32. The number of hydrogen-bond donors (Lipinski definition) is 0. The smallest absolute Gasteiger partial charge is 0.134 e. The monoisotopic (exact) mass is 336 g/mol. The summed E-state index contributed by atoms with van der Waals surface area (Å²) in [4.78, 5) is 8.43. The quantitative estimate of drug-likeness (QED) is 0.501. The Bertz CT molecular complexity index is 691. The first kappa shape index (κ1) is 10.7. The highest BCUT2D eigenvalue weighted by Gasteiger charge is 2.06. The number of aromatic nitrogens is 2. The van der Waals surface area contributed by atoms with E-state index in [1.54, 1.807) is 6.33 Å². The summed E-state index contributed by atoms with van der Waals surface area (Å²) in [5.41, 5.74) is 2.01. The van der Waals surface area contributed by atoms with Gasteiger partial charge in [0.05, 0.1) is 5.52 Å². The molecule has 0 unspecified atom stereocenters. The highest BCUT2D eigenvalue weighted by Crippen LogP contribution is 2.26. The number of fused-ring (bicyclic) bond motifs is 1. The molecule has 0 N–H and O–H groups in total. The summed E-state index contributed by atoms with van der Waals surface area (Å²) in [5.74, 6) is 1.79. The molecule has 0 amide bonds. The molecule has 1 aromatic carbocycles. The van der Waals surface area contributed by atoms with Crippen LogP contribution in [0.3, 0.4) is 0 Å². The molecule has 17 heavy (non-hydrogen) atoms. The topological polar surface area (TPSA) is 38.9 Å². The second-order valence-electron chi connectivity index (χ2n) is 3.81. The molecule has 0 aliphatic carbocycles. The molecule has 3 aromatic rings. The van der Waals surface area contributed by atoms with Crippen LogP contribution in [-0.2, 0) is 0 Å². The molecule has 0 bridgehead atoms. The molecular formula is C13H9IN2O. The van der Waals surface area contributed by atoms with Crippen LogP contribution < -0.4 is 0 Å². The van der Waals surface area contributed by atoms with Crippen LogP contribution in [0.1, 0.15) is 5.76 Å². The Balaban J connectivity index is 2.22. The molecule has 2 heterocycles. The Morgan fingerprint density at radius 3 is 2.76 bits per heavy atom. The lowest BCUT2D eigenvalue weighted by molar-refractivity contribution is 0.548. The SMILES string of the molecule is Cc1ccc(-c2ccc3ncnc(I)c3c2)o1. The van der Waals surface area contributed by atoms with Gasteiger partial charge in [-0.15, -0.1) is 0 Å². The van der Waals surface area contributed by atoms with Crippen LogP contribution in [0.25, 0.3) is 22.2 Å². The van der Waals surface area contributed by atoms with Gasteiger partial charge in [0.15, 0.2) is 0 Å². The predicted octanol–water partition coefficient (Wildman–Crippen LogP) is 3.80. The van der Waals surface area contributed by atoms with Crippen LogP contribution in [0, 0.1) is 10.6 Å². The van der Waals surface area contributed by atoms with E-state index in [4.69, 9.17) is 4.42 Å². The van der Waals surface area contributed by atoms with Crippen molar-refractivity contribution in [3.63, 3.8) is 0 Å². The van der Waals surface area contributed by atoms with Crippen molar-refractivity contribution in [3.05, 3.63) is 46.1 Å². The summed E-state index contributed by atoms with van der Waals surface area (Å²) in [6.45, 7) is 1.94. The maximum atomic E-state index is 5.62. The lowest BCUT2D eigenvalue weighted by atomic mass is 10.1. The van der Waals surface area contributed by atoms with E-state index in [9.17, 15) is 0 Å². The lowest BCUT2D eigenvalue weighted by Crippen LogP contribution is -1.87. The number of halogens is 1. The number of hydrogen-bond acceptors (Lipinski definition) is 3. The summed E-state index contributed by atoms with van der Waals surface area (Å²) >= 11 is 2.22. The van der Waals surface area contributed by atoms with Crippen LogP contribution in [0.5, 0.6) is 0 Å². The summed E-state index contributed by atoms with van der Waals surface area (Å²) in [7, 11) is 0. The zero-order valence-electron chi connectivity index (χ0n) is 9.14. The van der Waals surface area contributed by atoms with Crippen LogP contribution in [-0.4, -0.2) is 9.97 Å². The first-order chi connectivity index (χ1) is 8.24. The molecule has 2 aromatic heterocycles. The van der Waals surface area contributed by atoms with Crippen molar-refractivity contribution in [2.24, 2.45) is 0 Å². The van der Waals surface area contributed by atoms with E-state index < -0.39 is 0 Å². The summed E-state index contributed by atoms with van der Waals surface area (Å²) in [6.07, 6.45) is 1.58. The molecule has 0 radical (unpaired) electrons. The third-order valence-corrected chi connectivity index (χ3v) is 3.47. The largest absolute Gasteiger partial charge is 0.461 e. The predicted molar refractivity (Wildman–Crippen MR) is 74.7 cm³/mol. The minimum Gasteiger partial charge on any atom is -0.461 e. The Morgan fingerprint density at radius 1 is 1.12 bits per heavy atom. The van der Waals surface area contributed by atoms with Crippen molar-refractivity contribution in [2.75, 3.05) is 0 Å². The minimum absolute atomic E-state index is 0.879. The third kappa shape index (κ3) is 1.93. The standard InChI is InChI=1S/C13H9IN2O/c1-8-2-5-12(17-8)9-3-4-11-10(6-9)13(14)16-7-15-11/h2-7H,1H3. The second kappa shape index (κ2) is 4.10. The van der Waals surface area contributed by atoms with Gasteiger partial charge in [-0.3, -0.25) is 0 Å². The number of benzene rings is 1. The van der Waals surface area contributed by atoms with Gasteiger partial charge in [0, 0.05) is 10.9 Å². The first-order valence-electron chi connectivity index (χ1n) is 5.21. The lowest BCUT2D eigenvalue weighted by Gasteiger charge is -2.01. The summed E-state index contributed by atoms with van der Waals surface area (Å²) in [5, 5.41) is 1.06. The molecule has 3 nitrogen and oxygen atoms in total. The van der Waals surface area contributed by atoms with Gasteiger partial charge < -0.3 is 4.42 Å². The van der Waals surface area contributed by atoms with E-state index in [2.05, 4.69) is 38.6 Å². The Hall–Kier alpha value is -1.43. The first-order valence-corrected chi connectivity index (χ1v) is 6.29. The van der Waals surface area contributed by atoms with Crippen LogP contribution in [0.4, 0.5) is 0 Å². The van der Waals surface area contributed by atoms with Crippen molar-refractivity contribution < 1.29 is 4.42 Å². The van der Waals surface area contributed by atoms with Gasteiger partial charge in [-0.1, -0.05) is 0 Å². The van der Waals surface area contributed by atoms with Gasteiger partial charge in [0.2, 0.25) is 0 Å². The number of furan rings is 1. The Kier molecular flexibility index (Phi) is 2.58. The van der Waals surface area contributed by atoms with Crippen molar-refractivity contribution in [2.45, 2.75) is 6.92 Å². The molecule has 0 atom stereocenters. The van der Waals surface area contributed by atoms with Crippen molar-refractivity contribution in [1.82, 2.24) is 9.97 Å². The summed E-state index contributed by atoms with van der Waals surface area (Å²) < 4.78 is 6.57. The minimum atomic E-state index is 0.879. The maximum Gasteiger partial charge on any atom is 0.134 e. The van der Waals surface area contributed by atoms with Gasteiger partial charge in [0.1, 0.15) is 21.5 Å². The van der Waals surface area contributed by atoms with Gasteiger partial charge in [-0.25, -0.2) is 9.97 Å². The average molecular weight is 336 g/mol. The molecule has 0 spiro atoms. The van der Waals surface area contributed by atoms with E-state index in [1.807, 2.05) is 31.2 Å². The van der Waals surface area contributed by atoms with Crippen LogP contribution in [0.2, 0.25) is 0 Å². The fraction of sp³-hybridized carbons (Fsp3) is 0.0769. The van der Waals surface area contributed by atoms with Gasteiger partial charge in [-0.2, -0.15) is 0 Å². The average Bonchev–Trinajstić information content (AvgIpc) is 2.76. The second-order valence-corrected chi connectivity index (χ2v) is 4.83. The summed E-state index contributed by atoms with van der Waals surface area (Å²) in [6, 6.07) is 10.0. The zero-order valence-corrected chi connectivity index (χ0v) is 11.3. The molecule has 0 saturated carbocycles. The van der Waals surface area contributed by atoms with Gasteiger partial charge >= 0.3 is 0 Å². The molecule has 3 rings (SSSR count). The Labute approximate surface area is 112 Å². The maximum absolute atomic E-state index is 5.62. The van der Waals surface area contributed by atoms with Crippen LogP contribution >= 0.6 is 22.6 Å². The van der Waals surface area contributed by atoms with E-state index in [1.165, 1.54) is 0 Å². The molecule has 84 valence electrons. The Morgan fingerprint density at radius 2 is 2.00 bits per heavy atom. The van der Waals surface area contributed by atoms with Crippen LogP contribution in [0.15, 0.2) is 41.1 Å². The zero-order chi connectivity index (χ0) is 11.8. The number of nitrogens with zero attached hydrogens (tertiary/aromatic N) is 2. The van der Waals surface area contributed by atoms with Crippen molar-refractivity contribution in [3.8, 4) is 11.3 Å². The molecule has 4 heteroatoms. The van der Waals surface area contributed by atoms with Crippen molar-refractivity contribution >= 4 is 33.5 Å². The van der Waals surface area contributed by atoms with E-state index >= 15 is 0 Å². The highest BCUT2D eigenvalue weighted by atomic mass is 127. The third-order valence-electron chi connectivity index (χ3n) is 2.61. The molecular weight excluding hydrogens is 327 g/mol. The van der Waals surface area contributed by atoms with E-state index in [0.29, 0.717) is 0 Å². The molecule has 0 aliphatic rings. The molecule has 0 saturated heterocycles. The van der Waals surface area contributed by atoms with Crippen molar-refractivity contribution in [1.29, 1.82) is 0 Å². The van der Waals surface area contributed by atoms with Gasteiger partial charge in [0.25, 0.3) is 0 Å². The van der Waals surface area contributed by atoms with E-state index in [0.717, 1.165) is 31.7 Å². The fourth-order valence-electron chi connectivity index (χ4n) is 1.77. The molecule has 0 aliphatic heterocycles.